The normalized spacial score (nSPS) is 13.9. The molecule has 0 bridgehead atoms. The third kappa shape index (κ3) is 2.60. The highest BCUT2D eigenvalue weighted by molar-refractivity contribution is 5.60. The fourth-order valence-electron chi connectivity index (χ4n) is 1.16. The van der Waals surface area contributed by atoms with E-state index in [4.69, 9.17) is 10.5 Å². The van der Waals surface area contributed by atoms with Gasteiger partial charge in [0, 0.05) is 11.6 Å². The van der Waals surface area contributed by atoms with Crippen LogP contribution in [0.15, 0.2) is 29.8 Å². The zero-order chi connectivity index (χ0) is 10.6. The molecule has 1 unspecified atom stereocenters. The van der Waals surface area contributed by atoms with Gasteiger partial charge in [-0.3, -0.25) is 0 Å². The lowest BCUT2D eigenvalue weighted by molar-refractivity contribution is 0.414. The molecule has 0 fully saturated rings. The molecule has 0 aliphatic carbocycles. The molecular formula is C12H17NO. The highest BCUT2D eigenvalue weighted by Crippen LogP contribution is 2.20. The van der Waals surface area contributed by atoms with Gasteiger partial charge in [0.25, 0.3) is 0 Å². The first-order valence-corrected chi connectivity index (χ1v) is 4.72. The minimum atomic E-state index is 0.0833. The van der Waals surface area contributed by atoms with Crippen molar-refractivity contribution in [1.29, 1.82) is 0 Å². The number of hydrogen-bond donors (Lipinski definition) is 1. The van der Waals surface area contributed by atoms with Gasteiger partial charge >= 0.3 is 0 Å². The molecule has 1 aromatic rings. The molecule has 0 aliphatic heterocycles. The van der Waals surface area contributed by atoms with E-state index in [1.54, 1.807) is 7.11 Å². The third-order valence-corrected chi connectivity index (χ3v) is 2.24. The van der Waals surface area contributed by atoms with Crippen LogP contribution in [-0.4, -0.2) is 13.2 Å². The molecule has 0 heterocycles. The Bertz CT molecular complexity index is 329. The Hall–Kier alpha value is -1.28. The molecule has 76 valence electrons. The van der Waals surface area contributed by atoms with Crippen molar-refractivity contribution in [2.45, 2.75) is 19.9 Å². The molecule has 1 rings (SSSR count). The van der Waals surface area contributed by atoms with Gasteiger partial charge in [0.15, 0.2) is 0 Å². The van der Waals surface area contributed by atoms with Crippen LogP contribution >= 0.6 is 0 Å². The van der Waals surface area contributed by atoms with Crippen molar-refractivity contribution in [1.82, 2.24) is 0 Å². The summed E-state index contributed by atoms with van der Waals surface area (Å²) < 4.78 is 5.24. The number of hydrogen-bond acceptors (Lipinski definition) is 2. The van der Waals surface area contributed by atoms with Crippen LogP contribution in [0.25, 0.3) is 6.08 Å². The summed E-state index contributed by atoms with van der Waals surface area (Å²) in [5.74, 6) is 0.882. The zero-order valence-corrected chi connectivity index (χ0v) is 8.95. The maximum atomic E-state index is 5.77. The lowest BCUT2D eigenvalue weighted by atomic mass is 10.1. The summed E-state index contributed by atoms with van der Waals surface area (Å²) in [6, 6.07) is 7.99. The predicted molar refractivity (Wildman–Crippen MR) is 60.3 cm³/mol. The molecule has 2 nitrogen and oxygen atoms in total. The lowest BCUT2D eigenvalue weighted by Gasteiger charge is -2.08. The topological polar surface area (TPSA) is 35.2 Å². The van der Waals surface area contributed by atoms with Crippen LogP contribution in [0.4, 0.5) is 0 Å². The fourth-order valence-corrected chi connectivity index (χ4v) is 1.16. The number of rotatable bonds is 3. The van der Waals surface area contributed by atoms with E-state index < -0.39 is 0 Å². The number of para-hydroxylation sites is 1. The maximum absolute atomic E-state index is 5.77. The summed E-state index contributed by atoms with van der Waals surface area (Å²) in [5.41, 5.74) is 7.99. The first-order valence-electron chi connectivity index (χ1n) is 4.72. The van der Waals surface area contributed by atoms with Gasteiger partial charge in [0.05, 0.1) is 7.11 Å². The largest absolute Gasteiger partial charge is 0.496 e. The second-order valence-electron chi connectivity index (χ2n) is 3.42. The monoisotopic (exact) mass is 191 g/mol. The SMILES string of the molecule is COc1ccccc1/C=C(/C)C(C)N. The van der Waals surface area contributed by atoms with E-state index >= 15 is 0 Å². The van der Waals surface area contributed by atoms with E-state index in [1.165, 1.54) is 0 Å². The number of ether oxygens (including phenoxy) is 1. The average molecular weight is 191 g/mol. The summed E-state index contributed by atoms with van der Waals surface area (Å²) in [6.07, 6.45) is 2.06. The minimum absolute atomic E-state index is 0.0833. The van der Waals surface area contributed by atoms with Crippen LogP contribution in [0.5, 0.6) is 5.75 Å². The van der Waals surface area contributed by atoms with Crippen LogP contribution in [0.2, 0.25) is 0 Å². The van der Waals surface area contributed by atoms with Gasteiger partial charge in [0.2, 0.25) is 0 Å². The molecule has 1 atom stereocenters. The Morgan fingerprint density at radius 2 is 2.07 bits per heavy atom. The molecule has 0 aliphatic rings. The first kappa shape index (κ1) is 10.8. The molecule has 0 saturated heterocycles. The Morgan fingerprint density at radius 3 is 2.64 bits per heavy atom. The van der Waals surface area contributed by atoms with Crippen LogP contribution in [-0.2, 0) is 0 Å². The summed E-state index contributed by atoms with van der Waals surface area (Å²) in [5, 5.41) is 0. The van der Waals surface area contributed by atoms with E-state index in [2.05, 4.69) is 6.08 Å². The Balaban J connectivity index is 3.01. The van der Waals surface area contributed by atoms with Crippen molar-refractivity contribution in [3.05, 3.63) is 35.4 Å². The molecule has 2 heteroatoms. The summed E-state index contributed by atoms with van der Waals surface area (Å²) in [4.78, 5) is 0. The second kappa shape index (κ2) is 4.82. The number of methoxy groups -OCH3 is 1. The van der Waals surface area contributed by atoms with Gasteiger partial charge < -0.3 is 10.5 Å². The molecule has 0 aromatic heterocycles. The third-order valence-electron chi connectivity index (χ3n) is 2.24. The van der Waals surface area contributed by atoms with E-state index in [0.717, 1.165) is 16.9 Å². The van der Waals surface area contributed by atoms with Crippen molar-refractivity contribution >= 4 is 6.08 Å². The van der Waals surface area contributed by atoms with E-state index in [1.807, 2.05) is 38.1 Å². The molecule has 0 saturated carbocycles. The predicted octanol–water partition coefficient (Wildman–Crippen LogP) is 2.45. The molecule has 14 heavy (non-hydrogen) atoms. The molecule has 0 radical (unpaired) electrons. The summed E-state index contributed by atoms with van der Waals surface area (Å²) in [7, 11) is 1.67. The van der Waals surface area contributed by atoms with Crippen LogP contribution < -0.4 is 10.5 Å². The maximum Gasteiger partial charge on any atom is 0.126 e. The van der Waals surface area contributed by atoms with Gasteiger partial charge in [-0.05, 0) is 19.9 Å². The molecule has 2 N–H and O–H groups in total. The second-order valence-corrected chi connectivity index (χ2v) is 3.42. The Kier molecular flexibility index (Phi) is 3.72. The van der Waals surface area contributed by atoms with Crippen molar-refractivity contribution < 1.29 is 4.74 Å². The standard InChI is InChI=1S/C12H17NO/c1-9(10(2)13)8-11-6-4-5-7-12(11)14-3/h4-8,10H,13H2,1-3H3/b9-8-. The summed E-state index contributed by atoms with van der Waals surface area (Å²) >= 11 is 0. The average Bonchev–Trinajstić information content (AvgIpc) is 2.18. The van der Waals surface area contributed by atoms with Gasteiger partial charge in [-0.1, -0.05) is 29.8 Å². The molecule has 0 spiro atoms. The smallest absolute Gasteiger partial charge is 0.126 e. The van der Waals surface area contributed by atoms with Crippen molar-refractivity contribution in [2.24, 2.45) is 5.73 Å². The quantitative estimate of drug-likeness (QED) is 0.796. The Labute approximate surface area is 85.4 Å². The van der Waals surface area contributed by atoms with Crippen molar-refractivity contribution in [3.63, 3.8) is 0 Å². The molecule has 1 aromatic carbocycles. The first-order chi connectivity index (χ1) is 6.65. The number of benzene rings is 1. The van der Waals surface area contributed by atoms with Crippen LogP contribution in [0, 0.1) is 0 Å². The van der Waals surface area contributed by atoms with E-state index in [-0.39, 0.29) is 6.04 Å². The van der Waals surface area contributed by atoms with Crippen LogP contribution in [0.1, 0.15) is 19.4 Å². The lowest BCUT2D eigenvalue weighted by Crippen LogP contribution is -2.15. The van der Waals surface area contributed by atoms with Crippen molar-refractivity contribution in [3.8, 4) is 5.75 Å². The zero-order valence-electron chi connectivity index (χ0n) is 8.95. The molecule has 0 amide bonds. The van der Waals surface area contributed by atoms with Gasteiger partial charge in [-0.15, -0.1) is 0 Å². The minimum Gasteiger partial charge on any atom is -0.496 e. The van der Waals surface area contributed by atoms with Crippen LogP contribution in [0.3, 0.4) is 0 Å². The Morgan fingerprint density at radius 1 is 1.43 bits per heavy atom. The highest BCUT2D eigenvalue weighted by Gasteiger charge is 2.01. The number of nitrogens with two attached hydrogens (primary N) is 1. The summed E-state index contributed by atoms with van der Waals surface area (Å²) in [6.45, 7) is 4.00. The molecular weight excluding hydrogens is 174 g/mol. The van der Waals surface area contributed by atoms with Gasteiger partial charge in [0.1, 0.15) is 5.75 Å². The fraction of sp³-hybridized carbons (Fsp3) is 0.333. The highest BCUT2D eigenvalue weighted by atomic mass is 16.5. The van der Waals surface area contributed by atoms with Crippen molar-refractivity contribution in [2.75, 3.05) is 7.11 Å². The van der Waals surface area contributed by atoms with E-state index in [9.17, 15) is 0 Å². The van der Waals surface area contributed by atoms with E-state index in [0.29, 0.717) is 0 Å². The van der Waals surface area contributed by atoms with Gasteiger partial charge in [-0.25, -0.2) is 0 Å². The van der Waals surface area contributed by atoms with Gasteiger partial charge in [-0.2, -0.15) is 0 Å².